The van der Waals surface area contributed by atoms with Crippen molar-refractivity contribution < 1.29 is 4.79 Å². The van der Waals surface area contributed by atoms with Gasteiger partial charge in [0.25, 0.3) is 0 Å². The Bertz CT molecular complexity index is 213. The van der Waals surface area contributed by atoms with Crippen molar-refractivity contribution in [1.29, 1.82) is 0 Å². The topological polar surface area (TPSA) is 41.1 Å². The monoisotopic (exact) mass is 246 g/mol. The number of halogens is 1. The second-order valence-corrected chi connectivity index (χ2v) is 4.98. The Morgan fingerprint density at radius 2 is 1.81 bits per heavy atom. The van der Waals surface area contributed by atoms with E-state index < -0.39 is 0 Å². The first-order valence-corrected chi connectivity index (χ1v) is 6.32. The summed E-state index contributed by atoms with van der Waals surface area (Å²) in [6, 6.07) is 0. The summed E-state index contributed by atoms with van der Waals surface area (Å²) in [5, 5.41) is 6.36. The zero-order valence-electron chi connectivity index (χ0n) is 9.84. The Kier molecular flexibility index (Phi) is 6.14. The predicted molar refractivity (Wildman–Crippen MR) is 67.8 cm³/mol. The molecule has 0 radical (unpaired) electrons. The maximum absolute atomic E-state index is 11.6. The molecule has 94 valence electrons. The molecule has 16 heavy (non-hydrogen) atoms. The molecule has 1 saturated heterocycles. The van der Waals surface area contributed by atoms with E-state index in [0.29, 0.717) is 5.92 Å². The van der Waals surface area contributed by atoms with Crippen LogP contribution < -0.4 is 10.6 Å². The minimum atomic E-state index is 0. The van der Waals surface area contributed by atoms with E-state index in [0.717, 1.165) is 44.8 Å². The molecule has 0 unspecified atom stereocenters. The molecule has 0 atom stereocenters. The van der Waals surface area contributed by atoms with E-state index in [4.69, 9.17) is 0 Å². The normalized spacial score (nSPS) is 21.2. The fraction of sp³-hybridized carbons (Fsp3) is 0.917. The molecule has 1 aliphatic carbocycles. The van der Waals surface area contributed by atoms with Crippen LogP contribution in [0.2, 0.25) is 0 Å². The third-order valence-electron chi connectivity index (χ3n) is 3.50. The van der Waals surface area contributed by atoms with Crippen LogP contribution >= 0.6 is 12.4 Å². The van der Waals surface area contributed by atoms with E-state index in [1.54, 1.807) is 0 Å². The van der Waals surface area contributed by atoms with Crippen LogP contribution in [0, 0.1) is 11.8 Å². The van der Waals surface area contributed by atoms with E-state index in [1.165, 1.54) is 19.3 Å². The van der Waals surface area contributed by atoms with Crippen molar-refractivity contribution in [3.63, 3.8) is 0 Å². The van der Waals surface area contributed by atoms with Crippen LogP contribution in [0.5, 0.6) is 0 Å². The Labute approximate surface area is 104 Å². The molecule has 4 heteroatoms. The van der Waals surface area contributed by atoms with Gasteiger partial charge in [-0.05, 0) is 44.2 Å². The third kappa shape index (κ3) is 5.17. The van der Waals surface area contributed by atoms with Crippen LogP contribution in [0.4, 0.5) is 0 Å². The highest BCUT2D eigenvalue weighted by atomic mass is 35.5. The van der Waals surface area contributed by atoms with Crippen molar-refractivity contribution >= 4 is 18.3 Å². The van der Waals surface area contributed by atoms with Gasteiger partial charge in [-0.25, -0.2) is 0 Å². The van der Waals surface area contributed by atoms with Crippen molar-refractivity contribution in [3.05, 3.63) is 0 Å². The van der Waals surface area contributed by atoms with Gasteiger partial charge in [0.15, 0.2) is 0 Å². The first-order chi connectivity index (χ1) is 7.34. The lowest BCUT2D eigenvalue weighted by atomic mass is 9.94. The smallest absolute Gasteiger partial charge is 0.220 e. The van der Waals surface area contributed by atoms with Gasteiger partial charge in [0, 0.05) is 13.0 Å². The van der Waals surface area contributed by atoms with Gasteiger partial charge in [-0.3, -0.25) is 4.79 Å². The molecule has 1 heterocycles. The van der Waals surface area contributed by atoms with Crippen molar-refractivity contribution in [2.45, 2.75) is 38.5 Å². The lowest BCUT2D eigenvalue weighted by Crippen LogP contribution is -2.32. The highest BCUT2D eigenvalue weighted by molar-refractivity contribution is 5.85. The maximum atomic E-state index is 11.6. The SMILES string of the molecule is Cl.O=C(CC1CCNCC1)NCCC1CC1. The average molecular weight is 247 g/mol. The number of carbonyl (C=O) groups excluding carboxylic acids is 1. The van der Waals surface area contributed by atoms with Crippen molar-refractivity contribution in [2.75, 3.05) is 19.6 Å². The van der Waals surface area contributed by atoms with Gasteiger partial charge in [0.05, 0.1) is 0 Å². The maximum Gasteiger partial charge on any atom is 0.220 e. The summed E-state index contributed by atoms with van der Waals surface area (Å²) in [5.74, 6) is 1.80. The lowest BCUT2D eigenvalue weighted by Gasteiger charge is -2.21. The standard InChI is InChI=1S/C12H22N2O.ClH/c15-12(14-8-5-10-1-2-10)9-11-3-6-13-7-4-11;/h10-11,13H,1-9H2,(H,14,15);1H. The molecular formula is C12H23ClN2O. The van der Waals surface area contributed by atoms with Crippen LogP contribution in [0.1, 0.15) is 38.5 Å². The van der Waals surface area contributed by atoms with Gasteiger partial charge >= 0.3 is 0 Å². The highest BCUT2D eigenvalue weighted by Gasteiger charge is 2.21. The number of hydrogen-bond donors (Lipinski definition) is 2. The Hall–Kier alpha value is -0.280. The Morgan fingerprint density at radius 3 is 2.44 bits per heavy atom. The van der Waals surface area contributed by atoms with Gasteiger partial charge in [0.1, 0.15) is 0 Å². The number of hydrogen-bond acceptors (Lipinski definition) is 2. The first-order valence-electron chi connectivity index (χ1n) is 6.32. The largest absolute Gasteiger partial charge is 0.356 e. The molecule has 1 saturated carbocycles. The van der Waals surface area contributed by atoms with Gasteiger partial charge in [0.2, 0.25) is 5.91 Å². The van der Waals surface area contributed by atoms with Crippen molar-refractivity contribution in [2.24, 2.45) is 11.8 Å². The van der Waals surface area contributed by atoms with Crippen LogP contribution in [-0.2, 0) is 4.79 Å². The number of carbonyl (C=O) groups is 1. The zero-order valence-corrected chi connectivity index (χ0v) is 10.7. The van der Waals surface area contributed by atoms with Gasteiger partial charge < -0.3 is 10.6 Å². The number of piperidine rings is 1. The fourth-order valence-electron chi connectivity index (χ4n) is 2.24. The van der Waals surface area contributed by atoms with Crippen molar-refractivity contribution in [3.8, 4) is 0 Å². The molecule has 2 aliphatic rings. The summed E-state index contributed by atoms with van der Waals surface area (Å²) in [6.07, 6.45) is 7.02. The van der Waals surface area contributed by atoms with Gasteiger partial charge in [-0.15, -0.1) is 12.4 Å². The molecule has 1 amide bonds. The summed E-state index contributed by atoms with van der Waals surface area (Å²) in [6.45, 7) is 3.06. The molecule has 2 N–H and O–H groups in total. The highest BCUT2D eigenvalue weighted by Crippen LogP contribution is 2.31. The quantitative estimate of drug-likeness (QED) is 0.776. The Morgan fingerprint density at radius 1 is 1.12 bits per heavy atom. The summed E-state index contributed by atoms with van der Waals surface area (Å²) in [5.41, 5.74) is 0. The van der Waals surface area contributed by atoms with E-state index in [1.807, 2.05) is 0 Å². The van der Waals surface area contributed by atoms with Crippen LogP contribution in [-0.4, -0.2) is 25.5 Å². The molecule has 0 aromatic heterocycles. The van der Waals surface area contributed by atoms with Gasteiger partial charge in [-0.1, -0.05) is 12.8 Å². The second kappa shape index (κ2) is 7.13. The summed E-state index contributed by atoms with van der Waals surface area (Å²) < 4.78 is 0. The minimum Gasteiger partial charge on any atom is -0.356 e. The zero-order chi connectivity index (χ0) is 10.5. The summed E-state index contributed by atoms with van der Waals surface area (Å²) >= 11 is 0. The first kappa shape index (κ1) is 13.8. The summed E-state index contributed by atoms with van der Waals surface area (Å²) in [4.78, 5) is 11.6. The Balaban J connectivity index is 0.00000128. The molecule has 0 aromatic rings. The molecule has 3 nitrogen and oxygen atoms in total. The molecule has 0 spiro atoms. The third-order valence-corrected chi connectivity index (χ3v) is 3.50. The number of amides is 1. The lowest BCUT2D eigenvalue weighted by molar-refractivity contribution is -0.122. The average Bonchev–Trinajstić information content (AvgIpc) is 3.03. The summed E-state index contributed by atoms with van der Waals surface area (Å²) in [7, 11) is 0. The molecule has 0 bridgehead atoms. The van der Waals surface area contributed by atoms with Gasteiger partial charge in [-0.2, -0.15) is 0 Å². The van der Waals surface area contributed by atoms with E-state index in [2.05, 4.69) is 10.6 Å². The van der Waals surface area contributed by atoms with Crippen LogP contribution in [0.3, 0.4) is 0 Å². The number of rotatable bonds is 5. The van der Waals surface area contributed by atoms with Crippen LogP contribution in [0.15, 0.2) is 0 Å². The number of nitrogens with one attached hydrogen (secondary N) is 2. The second-order valence-electron chi connectivity index (χ2n) is 4.98. The molecule has 2 rings (SSSR count). The van der Waals surface area contributed by atoms with E-state index in [-0.39, 0.29) is 18.3 Å². The minimum absolute atomic E-state index is 0. The van der Waals surface area contributed by atoms with E-state index >= 15 is 0 Å². The molecule has 1 aliphatic heterocycles. The predicted octanol–water partition coefficient (Wildman–Crippen LogP) is 1.71. The fourth-order valence-corrected chi connectivity index (χ4v) is 2.24. The van der Waals surface area contributed by atoms with Crippen LogP contribution in [0.25, 0.3) is 0 Å². The molecule has 0 aromatic carbocycles. The van der Waals surface area contributed by atoms with E-state index in [9.17, 15) is 4.79 Å². The molecular weight excluding hydrogens is 224 g/mol. The van der Waals surface area contributed by atoms with Crippen molar-refractivity contribution in [1.82, 2.24) is 10.6 Å². The molecule has 2 fully saturated rings.